The van der Waals surface area contributed by atoms with Gasteiger partial charge in [0.2, 0.25) is 0 Å². The van der Waals surface area contributed by atoms with Gasteiger partial charge >= 0.3 is 0 Å². The van der Waals surface area contributed by atoms with Crippen molar-refractivity contribution in [1.29, 1.82) is 0 Å². The lowest BCUT2D eigenvalue weighted by Crippen LogP contribution is -2.25. The van der Waals surface area contributed by atoms with Gasteiger partial charge in [-0.1, -0.05) is 18.5 Å². The highest BCUT2D eigenvalue weighted by molar-refractivity contribution is 6.31. The zero-order chi connectivity index (χ0) is 16.0. The number of halogens is 1. The second-order valence-electron chi connectivity index (χ2n) is 5.65. The van der Waals surface area contributed by atoms with Crippen molar-refractivity contribution in [2.75, 3.05) is 19.7 Å². The molecule has 0 saturated heterocycles. The monoisotopic (exact) mass is 312 g/mol. The van der Waals surface area contributed by atoms with E-state index in [1.54, 1.807) is 0 Å². The van der Waals surface area contributed by atoms with Crippen LogP contribution in [0.1, 0.15) is 49.3 Å². The first kappa shape index (κ1) is 18.3. The smallest absolute Gasteiger partial charge is 0.126 e. The van der Waals surface area contributed by atoms with Gasteiger partial charge in [0.1, 0.15) is 5.75 Å². The normalized spacial score (nSPS) is 12.8. The maximum Gasteiger partial charge on any atom is 0.126 e. The second-order valence-corrected chi connectivity index (χ2v) is 6.06. The number of nitrogens with two attached hydrogens (primary N) is 2. The van der Waals surface area contributed by atoms with Crippen LogP contribution in [0, 0.1) is 19.8 Å². The topological polar surface area (TPSA) is 61.3 Å². The Morgan fingerprint density at radius 3 is 2.29 bits per heavy atom. The quantitative estimate of drug-likeness (QED) is 0.768. The predicted octanol–water partition coefficient (Wildman–Crippen LogP) is 3.77. The molecule has 1 aromatic rings. The molecule has 0 saturated carbocycles. The summed E-state index contributed by atoms with van der Waals surface area (Å²) in [6.07, 6.45) is 2.00. The van der Waals surface area contributed by atoms with Gasteiger partial charge < -0.3 is 16.2 Å². The molecule has 4 heteroatoms. The largest absolute Gasteiger partial charge is 0.493 e. The standard InChI is InChI=1S/C17H29ClN2O/c1-5-14(8-13(9-19)10-20)16-12(4)15(18)7-11(3)17(16)21-6-2/h7,13-14H,5-6,8-10,19-20H2,1-4H3. The summed E-state index contributed by atoms with van der Waals surface area (Å²) < 4.78 is 5.91. The average molecular weight is 313 g/mol. The molecular formula is C17H29ClN2O. The van der Waals surface area contributed by atoms with Gasteiger partial charge in [0.25, 0.3) is 0 Å². The van der Waals surface area contributed by atoms with Crippen molar-refractivity contribution in [2.45, 2.75) is 46.5 Å². The number of hydrogen-bond donors (Lipinski definition) is 2. The van der Waals surface area contributed by atoms with E-state index in [-0.39, 0.29) is 0 Å². The Hall–Kier alpha value is -0.770. The molecule has 0 spiro atoms. The molecule has 0 aliphatic rings. The first-order valence-electron chi connectivity index (χ1n) is 7.82. The van der Waals surface area contributed by atoms with Crippen LogP contribution in [0.4, 0.5) is 0 Å². The molecule has 1 aromatic carbocycles. The molecule has 0 aromatic heterocycles. The van der Waals surface area contributed by atoms with Crippen LogP contribution in [-0.4, -0.2) is 19.7 Å². The minimum atomic E-state index is 0.336. The summed E-state index contributed by atoms with van der Waals surface area (Å²) in [6.45, 7) is 10.2. The van der Waals surface area contributed by atoms with Crippen LogP contribution in [0.15, 0.2) is 6.07 Å². The first-order valence-corrected chi connectivity index (χ1v) is 8.20. The fraction of sp³-hybridized carbons (Fsp3) is 0.647. The fourth-order valence-electron chi connectivity index (χ4n) is 2.88. The van der Waals surface area contributed by atoms with Crippen LogP contribution in [-0.2, 0) is 0 Å². The second kappa shape index (κ2) is 8.62. The molecule has 0 fully saturated rings. The third-order valence-corrected chi connectivity index (χ3v) is 4.58. The lowest BCUT2D eigenvalue weighted by Gasteiger charge is -2.26. The van der Waals surface area contributed by atoms with Crippen LogP contribution >= 0.6 is 11.6 Å². The molecule has 0 aliphatic carbocycles. The van der Waals surface area contributed by atoms with E-state index in [0.29, 0.717) is 31.5 Å². The summed E-state index contributed by atoms with van der Waals surface area (Å²) in [5, 5.41) is 0.807. The van der Waals surface area contributed by atoms with Gasteiger partial charge in [-0.2, -0.15) is 0 Å². The van der Waals surface area contributed by atoms with E-state index in [1.165, 1.54) is 5.56 Å². The highest BCUT2D eigenvalue weighted by Crippen LogP contribution is 2.41. The third-order valence-electron chi connectivity index (χ3n) is 4.18. The van der Waals surface area contributed by atoms with Gasteiger partial charge in [-0.05, 0) is 75.7 Å². The summed E-state index contributed by atoms with van der Waals surface area (Å²) in [4.78, 5) is 0. The Morgan fingerprint density at radius 1 is 1.19 bits per heavy atom. The minimum Gasteiger partial charge on any atom is -0.493 e. The molecule has 1 unspecified atom stereocenters. The zero-order valence-electron chi connectivity index (χ0n) is 13.7. The van der Waals surface area contributed by atoms with E-state index in [1.807, 2.05) is 13.0 Å². The summed E-state index contributed by atoms with van der Waals surface area (Å²) >= 11 is 6.39. The van der Waals surface area contributed by atoms with E-state index in [9.17, 15) is 0 Å². The minimum absolute atomic E-state index is 0.336. The van der Waals surface area contributed by atoms with E-state index < -0.39 is 0 Å². The summed E-state index contributed by atoms with van der Waals surface area (Å²) in [5.74, 6) is 1.70. The summed E-state index contributed by atoms with van der Waals surface area (Å²) in [5.41, 5.74) is 15.1. The maximum atomic E-state index is 6.39. The van der Waals surface area contributed by atoms with Crippen LogP contribution in [0.3, 0.4) is 0 Å². The van der Waals surface area contributed by atoms with E-state index in [2.05, 4.69) is 20.8 Å². The van der Waals surface area contributed by atoms with Crippen molar-refractivity contribution in [3.05, 3.63) is 27.8 Å². The zero-order valence-corrected chi connectivity index (χ0v) is 14.5. The van der Waals surface area contributed by atoms with Gasteiger partial charge in [-0.25, -0.2) is 0 Å². The Bertz CT molecular complexity index is 459. The van der Waals surface area contributed by atoms with E-state index in [0.717, 1.165) is 34.7 Å². The predicted molar refractivity (Wildman–Crippen MR) is 91.3 cm³/mol. The number of rotatable bonds is 8. The lowest BCUT2D eigenvalue weighted by atomic mass is 9.83. The van der Waals surface area contributed by atoms with Crippen molar-refractivity contribution < 1.29 is 4.74 Å². The molecule has 0 radical (unpaired) electrons. The number of benzene rings is 1. The maximum absolute atomic E-state index is 6.39. The number of aryl methyl sites for hydroxylation is 1. The van der Waals surface area contributed by atoms with Gasteiger partial charge in [-0.15, -0.1) is 0 Å². The van der Waals surface area contributed by atoms with Gasteiger partial charge in [0, 0.05) is 10.6 Å². The van der Waals surface area contributed by atoms with Crippen molar-refractivity contribution >= 4 is 11.6 Å². The molecule has 0 amide bonds. The van der Waals surface area contributed by atoms with Gasteiger partial charge in [0.15, 0.2) is 0 Å². The molecule has 1 rings (SSSR count). The Morgan fingerprint density at radius 2 is 1.81 bits per heavy atom. The lowest BCUT2D eigenvalue weighted by molar-refractivity contribution is 0.326. The SMILES string of the molecule is CCOc1c(C)cc(Cl)c(C)c1C(CC)CC(CN)CN. The number of ether oxygens (including phenoxy) is 1. The molecule has 4 N–H and O–H groups in total. The van der Waals surface area contributed by atoms with Crippen molar-refractivity contribution in [3.8, 4) is 5.75 Å². The van der Waals surface area contributed by atoms with Crippen LogP contribution in [0.5, 0.6) is 5.75 Å². The molecule has 21 heavy (non-hydrogen) atoms. The molecule has 3 nitrogen and oxygen atoms in total. The van der Waals surface area contributed by atoms with Crippen LogP contribution in [0.25, 0.3) is 0 Å². The van der Waals surface area contributed by atoms with Crippen molar-refractivity contribution in [2.24, 2.45) is 17.4 Å². The first-order chi connectivity index (χ1) is 9.99. The van der Waals surface area contributed by atoms with Crippen LogP contribution in [0.2, 0.25) is 5.02 Å². The fourth-order valence-corrected chi connectivity index (χ4v) is 3.15. The summed E-state index contributed by atoms with van der Waals surface area (Å²) in [7, 11) is 0. The molecule has 1 atom stereocenters. The highest BCUT2D eigenvalue weighted by Gasteiger charge is 2.23. The Kier molecular flexibility index (Phi) is 7.50. The average Bonchev–Trinajstić information content (AvgIpc) is 2.48. The molecule has 0 aliphatic heterocycles. The van der Waals surface area contributed by atoms with E-state index >= 15 is 0 Å². The third kappa shape index (κ3) is 4.35. The van der Waals surface area contributed by atoms with Gasteiger partial charge in [-0.3, -0.25) is 0 Å². The van der Waals surface area contributed by atoms with E-state index in [4.69, 9.17) is 27.8 Å². The molecule has 0 heterocycles. The highest BCUT2D eigenvalue weighted by atomic mass is 35.5. The number of hydrogen-bond acceptors (Lipinski definition) is 3. The Labute approximate surface area is 134 Å². The molecule has 0 bridgehead atoms. The summed E-state index contributed by atoms with van der Waals surface area (Å²) in [6, 6.07) is 1.99. The molecular weight excluding hydrogens is 284 g/mol. The van der Waals surface area contributed by atoms with Crippen molar-refractivity contribution in [1.82, 2.24) is 0 Å². The Balaban J connectivity index is 3.28. The van der Waals surface area contributed by atoms with Crippen molar-refractivity contribution in [3.63, 3.8) is 0 Å². The molecule has 120 valence electrons. The van der Waals surface area contributed by atoms with Gasteiger partial charge in [0.05, 0.1) is 6.61 Å². The van der Waals surface area contributed by atoms with Crippen LogP contribution < -0.4 is 16.2 Å².